The van der Waals surface area contributed by atoms with E-state index in [4.69, 9.17) is 0 Å². The molecule has 0 spiro atoms. The van der Waals surface area contributed by atoms with Gasteiger partial charge in [0.25, 0.3) is 5.69 Å². The molecule has 1 fully saturated rings. The molecule has 0 radical (unpaired) electrons. The second-order valence-corrected chi connectivity index (χ2v) is 5.29. The van der Waals surface area contributed by atoms with Gasteiger partial charge in [-0.2, -0.15) is 0 Å². The molecule has 0 aliphatic carbocycles. The Hall–Kier alpha value is -1.91. The van der Waals surface area contributed by atoms with Gasteiger partial charge in [-0.1, -0.05) is 6.92 Å². The Labute approximate surface area is 112 Å². The Morgan fingerprint density at radius 3 is 2.74 bits per heavy atom. The fourth-order valence-corrected chi connectivity index (χ4v) is 2.78. The van der Waals surface area contributed by atoms with Crippen molar-refractivity contribution < 1.29 is 9.72 Å². The van der Waals surface area contributed by atoms with Crippen molar-refractivity contribution in [1.29, 1.82) is 0 Å². The lowest BCUT2D eigenvalue weighted by atomic mass is 9.92. The van der Waals surface area contributed by atoms with Crippen molar-refractivity contribution in [1.82, 2.24) is 0 Å². The molecule has 19 heavy (non-hydrogen) atoms. The summed E-state index contributed by atoms with van der Waals surface area (Å²) in [4.78, 5) is 23.6. The zero-order valence-corrected chi connectivity index (χ0v) is 11.2. The third-order valence-corrected chi connectivity index (χ3v) is 3.80. The van der Waals surface area contributed by atoms with Crippen molar-refractivity contribution >= 4 is 17.7 Å². The van der Waals surface area contributed by atoms with Crippen LogP contribution in [0.4, 0.5) is 11.4 Å². The van der Waals surface area contributed by atoms with Crippen molar-refractivity contribution in [3.8, 4) is 0 Å². The Bertz CT molecular complexity index is 501. The van der Waals surface area contributed by atoms with E-state index >= 15 is 0 Å². The van der Waals surface area contributed by atoms with Crippen molar-refractivity contribution in [3.05, 3.63) is 33.9 Å². The van der Waals surface area contributed by atoms with E-state index in [1.165, 1.54) is 12.1 Å². The molecule has 0 N–H and O–H groups in total. The summed E-state index contributed by atoms with van der Waals surface area (Å²) in [6.45, 7) is 5.25. The van der Waals surface area contributed by atoms with Crippen LogP contribution < -0.4 is 4.90 Å². The largest absolute Gasteiger partial charge is 0.368 e. The number of hydrogen-bond acceptors (Lipinski definition) is 4. The molecule has 5 heteroatoms. The van der Waals surface area contributed by atoms with E-state index in [9.17, 15) is 14.9 Å². The number of nitro benzene ring substituents is 1. The van der Waals surface area contributed by atoms with Crippen molar-refractivity contribution in [2.24, 2.45) is 5.92 Å². The fourth-order valence-electron chi connectivity index (χ4n) is 2.78. The van der Waals surface area contributed by atoms with Gasteiger partial charge in [-0.25, -0.2) is 0 Å². The molecular formula is C14H18N2O3. The quantitative estimate of drug-likeness (QED) is 0.477. The predicted octanol–water partition coefficient (Wildman–Crippen LogP) is 3.03. The molecule has 1 aromatic carbocycles. The number of carbonyl (C=O) groups is 1. The van der Waals surface area contributed by atoms with Gasteiger partial charge in [-0.05, 0) is 31.7 Å². The lowest BCUT2D eigenvalue weighted by Crippen LogP contribution is -2.40. The maximum atomic E-state index is 11.2. The van der Waals surface area contributed by atoms with E-state index in [1.807, 2.05) is 0 Å². The maximum absolute atomic E-state index is 11.2. The van der Waals surface area contributed by atoms with E-state index in [1.54, 1.807) is 6.07 Å². The van der Waals surface area contributed by atoms with Crippen LogP contribution in [0, 0.1) is 16.0 Å². The van der Waals surface area contributed by atoms with Crippen molar-refractivity contribution in [2.45, 2.75) is 32.7 Å². The van der Waals surface area contributed by atoms with Gasteiger partial charge in [0.1, 0.15) is 0 Å². The third kappa shape index (κ3) is 2.75. The molecule has 5 nitrogen and oxygen atoms in total. The summed E-state index contributed by atoms with van der Waals surface area (Å²) >= 11 is 0. The standard InChI is InChI=1S/C14H18N2O3/c1-10-5-6-15(11(2)7-10)14-4-3-13(16(18)19)8-12(14)9-17/h3-4,8-11H,5-7H2,1-2H3. The predicted molar refractivity (Wildman–Crippen MR) is 73.7 cm³/mol. The SMILES string of the molecule is CC1CCN(c2ccc([N+](=O)[O-])cc2C=O)C(C)C1. The van der Waals surface area contributed by atoms with Crippen LogP contribution in [-0.4, -0.2) is 23.8 Å². The van der Waals surface area contributed by atoms with E-state index < -0.39 is 4.92 Å². The van der Waals surface area contributed by atoms with Gasteiger partial charge in [0.05, 0.1) is 4.92 Å². The first-order valence-electron chi connectivity index (χ1n) is 6.53. The summed E-state index contributed by atoms with van der Waals surface area (Å²) in [7, 11) is 0. The molecule has 102 valence electrons. The Morgan fingerprint density at radius 2 is 2.16 bits per heavy atom. The molecule has 0 saturated carbocycles. The Morgan fingerprint density at radius 1 is 1.42 bits per heavy atom. The average Bonchev–Trinajstić information content (AvgIpc) is 2.38. The van der Waals surface area contributed by atoms with E-state index in [2.05, 4.69) is 18.7 Å². The average molecular weight is 262 g/mol. The second-order valence-electron chi connectivity index (χ2n) is 5.29. The van der Waals surface area contributed by atoms with Crippen LogP contribution >= 0.6 is 0 Å². The van der Waals surface area contributed by atoms with Crippen molar-refractivity contribution in [2.75, 3.05) is 11.4 Å². The minimum absolute atomic E-state index is 0.0381. The number of hydrogen-bond donors (Lipinski definition) is 0. The molecule has 2 rings (SSSR count). The molecule has 0 bridgehead atoms. The molecule has 1 aliphatic heterocycles. The molecule has 1 aromatic rings. The van der Waals surface area contributed by atoms with Crippen molar-refractivity contribution in [3.63, 3.8) is 0 Å². The molecular weight excluding hydrogens is 244 g/mol. The number of nitro groups is 1. The van der Waals surface area contributed by atoms with Gasteiger partial charge in [0, 0.05) is 36.0 Å². The molecule has 2 atom stereocenters. The number of aldehydes is 1. The highest BCUT2D eigenvalue weighted by molar-refractivity contribution is 5.86. The first-order chi connectivity index (χ1) is 9.02. The van der Waals surface area contributed by atoms with Gasteiger partial charge >= 0.3 is 0 Å². The fraction of sp³-hybridized carbons (Fsp3) is 0.500. The second kappa shape index (κ2) is 5.38. The van der Waals surface area contributed by atoms with Gasteiger partial charge in [-0.15, -0.1) is 0 Å². The monoisotopic (exact) mass is 262 g/mol. The van der Waals surface area contributed by atoms with Crippen LogP contribution in [0.5, 0.6) is 0 Å². The summed E-state index contributed by atoms with van der Waals surface area (Å²) in [5, 5.41) is 10.7. The molecule has 1 aliphatic rings. The smallest absolute Gasteiger partial charge is 0.270 e. The first kappa shape index (κ1) is 13.5. The van der Waals surface area contributed by atoms with E-state index in [0.29, 0.717) is 23.8 Å². The van der Waals surface area contributed by atoms with Gasteiger partial charge < -0.3 is 4.90 Å². The molecule has 2 unspecified atom stereocenters. The highest BCUT2D eigenvalue weighted by atomic mass is 16.6. The molecule has 1 saturated heterocycles. The summed E-state index contributed by atoms with van der Waals surface area (Å²) in [6.07, 6.45) is 2.86. The Kier molecular flexibility index (Phi) is 3.83. The molecule has 0 aromatic heterocycles. The zero-order chi connectivity index (χ0) is 14.0. The summed E-state index contributed by atoms with van der Waals surface area (Å²) in [5.74, 6) is 0.684. The van der Waals surface area contributed by atoms with E-state index in [0.717, 1.165) is 25.1 Å². The van der Waals surface area contributed by atoms with Crippen LogP contribution in [-0.2, 0) is 0 Å². The minimum atomic E-state index is -0.474. The number of rotatable bonds is 3. The summed E-state index contributed by atoms with van der Waals surface area (Å²) < 4.78 is 0. The number of nitrogens with zero attached hydrogens (tertiary/aromatic N) is 2. The third-order valence-electron chi connectivity index (χ3n) is 3.80. The summed E-state index contributed by atoms with van der Waals surface area (Å²) in [5.41, 5.74) is 1.17. The van der Waals surface area contributed by atoms with Gasteiger partial charge in [0.2, 0.25) is 0 Å². The number of carbonyl (C=O) groups excluding carboxylic acids is 1. The number of non-ortho nitro benzene ring substituents is 1. The zero-order valence-electron chi connectivity index (χ0n) is 11.2. The summed E-state index contributed by atoms with van der Waals surface area (Å²) in [6, 6.07) is 4.86. The van der Waals surface area contributed by atoms with Crippen LogP contribution in [0.3, 0.4) is 0 Å². The number of piperidine rings is 1. The van der Waals surface area contributed by atoms with Crippen LogP contribution in [0.25, 0.3) is 0 Å². The minimum Gasteiger partial charge on any atom is -0.368 e. The van der Waals surface area contributed by atoms with E-state index in [-0.39, 0.29) is 5.69 Å². The number of benzene rings is 1. The normalized spacial score (nSPS) is 23.2. The lowest BCUT2D eigenvalue weighted by molar-refractivity contribution is -0.384. The topological polar surface area (TPSA) is 63.4 Å². The Balaban J connectivity index is 2.34. The highest BCUT2D eigenvalue weighted by Crippen LogP contribution is 2.31. The van der Waals surface area contributed by atoms with Crippen LogP contribution in [0.1, 0.15) is 37.0 Å². The van der Waals surface area contributed by atoms with Gasteiger partial charge in [-0.3, -0.25) is 14.9 Å². The first-order valence-corrected chi connectivity index (χ1v) is 6.53. The van der Waals surface area contributed by atoms with Crippen LogP contribution in [0.2, 0.25) is 0 Å². The maximum Gasteiger partial charge on any atom is 0.270 e. The molecule has 0 amide bonds. The van der Waals surface area contributed by atoms with Gasteiger partial charge in [0.15, 0.2) is 6.29 Å². The number of anilines is 1. The highest BCUT2D eigenvalue weighted by Gasteiger charge is 2.25. The lowest BCUT2D eigenvalue weighted by Gasteiger charge is -2.38. The molecule has 1 heterocycles. The van der Waals surface area contributed by atoms with Crippen LogP contribution in [0.15, 0.2) is 18.2 Å².